The maximum Gasteiger partial charge on any atom is 0.337 e. The lowest BCUT2D eigenvalue weighted by molar-refractivity contribution is -0.116. The van der Waals surface area contributed by atoms with Crippen LogP contribution in [0.15, 0.2) is 42.5 Å². The first-order valence-electron chi connectivity index (χ1n) is 8.52. The molecule has 2 aromatic rings. The second-order valence-corrected chi connectivity index (χ2v) is 5.95. The highest BCUT2D eigenvalue weighted by atomic mass is 16.6. The van der Waals surface area contributed by atoms with Gasteiger partial charge in [0.2, 0.25) is 5.91 Å². The molecule has 1 N–H and O–H groups in total. The van der Waals surface area contributed by atoms with Crippen molar-refractivity contribution in [3.8, 4) is 11.5 Å². The molecule has 1 heterocycles. The first kappa shape index (κ1) is 17.8. The molecule has 2 aromatic carbocycles. The third-order valence-corrected chi connectivity index (χ3v) is 4.07. The number of fused-ring (bicyclic) bond motifs is 1. The van der Waals surface area contributed by atoms with E-state index in [0.29, 0.717) is 30.9 Å². The SMILES string of the molecule is COC(=O)c1ccc(NC(=O)CCCc2ccc3c(c2)OCCO3)cc1. The predicted molar refractivity (Wildman–Crippen MR) is 96.8 cm³/mol. The number of carbonyl (C=O) groups is 2. The lowest BCUT2D eigenvalue weighted by Crippen LogP contribution is -2.15. The molecule has 26 heavy (non-hydrogen) atoms. The molecule has 1 aliphatic rings. The summed E-state index contributed by atoms with van der Waals surface area (Å²) < 4.78 is 15.7. The Labute approximate surface area is 152 Å². The van der Waals surface area contributed by atoms with Crippen molar-refractivity contribution in [3.63, 3.8) is 0 Å². The molecule has 0 radical (unpaired) electrons. The van der Waals surface area contributed by atoms with Crippen LogP contribution in [0, 0.1) is 0 Å². The fourth-order valence-corrected chi connectivity index (χ4v) is 2.73. The number of hydrogen-bond donors (Lipinski definition) is 1. The quantitative estimate of drug-likeness (QED) is 0.806. The van der Waals surface area contributed by atoms with Crippen LogP contribution in [-0.4, -0.2) is 32.2 Å². The van der Waals surface area contributed by atoms with E-state index in [-0.39, 0.29) is 5.91 Å². The van der Waals surface area contributed by atoms with Gasteiger partial charge in [0.15, 0.2) is 11.5 Å². The van der Waals surface area contributed by atoms with Crippen molar-refractivity contribution in [1.29, 1.82) is 0 Å². The second-order valence-electron chi connectivity index (χ2n) is 5.95. The maximum absolute atomic E-state index is 12.1. The summed E-state index contributed by atoms with van der Waals surface area (Å²) in [4.78, 5) is 23.4. The van der Waals surface area contributed by atoms with Gasteiger partial charge in [-0.15, -0.1) is 0 Å². The first-order valence-corrected chi connectivity index (χ1v) is 8.52. The lowest BCUT2D eigenvalue weighted by Gasteiger charge is -2.18. The average Bonchev–Trinajstić information content (AvgIpc) is 2.68. The van der Waals surface area contributed by atoms with E-state index in [9.17, 15) is 9.59 Å². The number of benzene rings is 2. The fraction of sp³-hybridized carbons (Fsp3) is 0.300. The van der Waals surface area contributed by atoms with Gasteiger partial charge in [0.05, 0.1) is 12.7 Å². The van der Waals surface area contributed by atoms with E-state index >= 15 is 0 Å². The van der Waals surface area contributed by atoms with E-state index in [1.165, 1.54) is 7.11 Å². The Morgan fingerprint density at radius 1 is 1.04 bits per heavy atom. The highest BCUT2D eigenvalue weighted by molar-refractivity contribution is 5.93. The molecule has 0 spiro atoms. The molecule has 0 unspecified atom stereocenters. The van der Waals surface area contributed by atoms with E-state index in [2.05, 4.69) is 10.1 Å². The Morgan fingerprint density at radius 2 is 1.77 bits per heavy atom. The zero-order valence-electron chi connectivity index (χ0n) is 14.6. The fourth-order valence-electron chi connectivity index (χ4n) is 2.73. The summed E-state index contributed by atoms with van der Waals surface area (Å²) in [6, 6.07) is 12.5. The van der Waals surface area contributed by atoms with Crippen LogP contribution >= 0.6 is 0 Å². The van der Waals surface area contributed by atoms with Crippen molar-refractivity contribution in [2.45, 2.75) is 19.3 Å². The smallest absolute Gasteiger partial charge is 0.337 e. The Hall–Kier alpha value is -3.02. The van der Waals surface area contributed by atoms with Crippen molar-refractivity contribution in [1.82, 2.24) is 0 Å². The minimum atomic E-state index is -0.401. The predicted octanol–water partition coefficient (Wildman–Crippen LogP) is 3.21. The third-order valence-electron chi connectivity index (χ3n) is 4.07. The number of amides is 1. The largest absolute Gasteiger partial charge is 0.486 e. The van der Waals surface area contributed by atoms with E-state index in [1.807, 2.05) is 18.2 Å². The van der Waals surface area contributed by atoms with Gasteiger partial charge in [-0.1, -0.05) is 6.07 Å². The monoisotopic (exact) mass is 355 g/mol. The lowest BCUT2D eigenvalue weighted by atomic mass is 10.1. The standard InChI is InChI=1S/C20H21NO5/c1-24-20(23)15-6-8-16(9-7-15)21-19(22)4-2-3-14-5-10-17-18(13-14)26-12-11-25-17/h5-10,13H,2-4,11-12H2,1H3,(H,21,22). The van der Waals surface area contributed by atoms with Crippen molar-refractivity contribution >= 4 is 17.6 Å². The van der Waals surface area contributed by atoms with Crippen molar-refractivity contribution in [3.05, 3.63) is 53.6 Å². The topological polar surface area (TPSA) is 73.9 Å². The highest BCUT2D eigenvalue weighted by Gasteiger charge is 2.12. The van der Waals surface area contributed by atoms with E-state index in [1.54, 1.807) is 24.3 Å². The molecule has 136 valence electrons. The summed E-state index contributed by atoms with van der Waals surface area (Å²) in [5, 5.41) is 2.83. The van der Waals surface area contributed by atoms with Crippen molar-refractivity contribution < 1.29 is 23.8 Å². The van der Waals surface area contributed by atoms with Crippen LogP contribution in [0.25, 0.3) is 0 Å². The van der Waals surface area contributed by atoms with Gasteiger partial charge >= 0.3 is 5.97 Å². The van der Waals surface area contributed by atoms with Gasteiger partial charge in [0.1, 0.15) is 13.2 Å². The number of aryl methyl sites for hydroxylation is 1. The van der Waals surface area contributed by atoms with Gasteiger partial charge in [-0.05, 0) is 54.8 Å². The van der Waals surface area contributed by atoms with E-state index < -0.39 is 5.97 Å². The minimum Gasteiger partial charge on any atom is -0.486 e. The highest BCUT2D eigenvalue weighted by Crippen LogP contribution is 2.31. The van der Waals surface area contributed by atoms with Crippen LogP contribution in [0.3, 0.4) is 0 Å². The van der Waals surface area contributed by atoms with Crippen LogP contribution in [0.1, 0.15) is 28.8 Å². The third kappa shape index (κ3) is 4.53. The second kappa shape index (κ2) is 8.38. The minimum absolute atomic E-state index is 0.0617. The molecular formula is C20H21NO5. The Bertz CT molecular complexity index is 785. The number of nitrogens with one attached hydrogen (secondary N) is 1. The number of ether oxygens (including phenoxy) is 3. The van der Waals surface area contributed by atoms with Crippen LogP contribution in [0.4, 0.5) is 5.69 Å². The van der Waals surface area contributed by atoms with Gasteiger partial charge in [0, 0.05) is 12.1 Å². The molecule has 0 bridgehead atoms. The molecule has 6 heteroatoms. The van der Waals surface area contributed by atoms with Crippen LogP contribution < -0.4 is 14.8 Å². The van der Waals surface area contributed by atoms with Crippen molar-refractivity contribution in [2.24, 2.45) is 0 Å². The molecule has 0 atom stereocenters. The number of hydrogen-bond acceptors (Lipinski definition) is 5. The summed E-state index contributed by atoms with van der Waals surface area (Å²) >= 11 is 0. The van der Waals surface area contributed by atoms with Crippen LogP contribution in [-0.2, 0) is 16.0 Å². The molecule has 6 nitrogen and oxygen atoms in total. The molecule has 0 fully saturated rings. The summed E-state index contributed by atoms with van der Waals surface area (Å²) in [6.45, 7) is 1.14. The van der Waals surface area contributed by atoms with Gasteiger partial charge in [-0.25, -0.2) is 4.79 Å². The molecule has 0 aromatic heterocycles. The number of esters is 1. The number of methoxy groups -OCH3 is 1. The van der Waals surface area contributed by atoms with Gasteiger partial charge in [0.25, 0.3) is 0 Å². The molecule has 0 aliphatic carbocycles. The zero-order chi connectivity index (χ0) is 18.4. The van der Waals surface area contributed by atoms with E-state index in [0.717, 1.165) is 29.9 Å². The number of anilines is 1. The average molecular weight is 355 g/mol. The summed E-state index contributed by atoms with van der Waals surface area (Å²) in [5.41, 5.74) is 2.22. The number of rotatable bonds is 6. The molecule has 0 saturated heterocycles. The maximum atomic E-state index is 12.1. The Kier molecular flexibility index (Phi) is 5.73. The van der Waals surface area contributed by atoms with E-state index in [4.69, 9.17) is 9.47 Å². The van der Waals surface area contributed by atoms with Crippen molar-refractivity contribution in [2.75, 3.05) is 25.6 Å². The molecule has 1 aliphatic heterocycles. The first-order chi connectivity index (χ1) is 12.7. The normalized spacial score (nSPS) is 12.3. The summed E-state index contributed by atoms with van der Waals surface area (Å²) in [7, 11) is 1.33. The summed E-state index contributed by atoms with van der Waals surface area (Å²) in [6.07, 6.45) is 1.92. The Morgan fingerprint density at radius 3 is 2.50 bits per heavy atom. The summed E-state index contributed by atoms with van der Waals surface area (Å²) in [5.74, 6) is 1.08. The molecule has 0 saturated carbocycles. The molecule has 3 rings (SSSR count). The molecule has 1 amide bonds. The van der Waals surface area contributed by atoms with Gasteiger partial charge in [-0.3, -0.25) is 4.79 Å². The Balaban J connectivity index is 1.46. The number of carbonyl (C=O) groups excluding carboxylic acids is 2. The van der Waals surface area contributed by atoms with Gasteiger partial charge in [-0.2, -0.15) is 0 Å². The van der Waals surface area contributed by atoms with Crippen LogP contribution in [0.2, 0.25) is 0 Å². The zero-order valence-corrected chi connectivity index (χ0v) is 14.6. The van der Waals surface area contributed by atoms with Crippen LogP contribution in [0.5, 0.6) is 11.5 Å². The molecular weight excluding hydrogens is 334 g/mol. The van der Waals surface area contributed by atoms with Gasteiger partial charge < -0.3 is 19.5 Å².